The third kappa shape index (κ3) is 3.97. The molecule has 0 N–H and O–H groups in total. The Morgan fingerprint density at radius 3 is 1.57 bits per heavy atom. The zero-order valence-corrected chi connectivity index (χ0v) is 14.4. The van der Waals surface area contributed by atoms with E-state index in [0.29, 0.717) is 17.5 Å². The monoisotopic (exact) mass is 384 g/mol. The van der Waals surface area contributed by atoms with Gasteiger partial charge in [0.05, 0.1) is 0 Å². The summed E-state index contributed by atoms with van der Waals surface area (Å²) >= 11 is 3.34. The minimum Gasteiger partial charge on any atom is -0.170 e. The Hall–Kier alpha value is -1.29. The highest BCUT2D eigenvalue weighted by Crippen LogP contribution is 2.49. The molecule has 0 amide bonds. The molecule has 0 unspecified atom stereocenters. The molecule has 0 atom stereocenters. The van der Waals surface area contributed by atoms with Crippen LogP contribution in [0, 0.1) is 0 Å². The van der Waals surface area contributed by atoms with Crippen LogP contribution in [0.15, 0.2) is 60.7 Å². The molecule has 0 aliphatic carbocycles. The Morgan fingerprint density at radius 1 is 0.696 bits per heavy atom. The van der Waals surface area contributed by atoms with Crippen LogP contribution in [0.3, 0.4) is 0 Å². The van der Waals surface area contributed by atoms with Crippen LogP contribution in [0.4, 0.5) is 13.2 Å². The molecule has 23 heavy (non-hydrogen) atoms. The van der Waals surface area contributed by atoms with Crippen molar-refractivity contribution in [3.05, 3.63) is 71.8 Å². The Balaban J connectivity index is 2.51. The van der Waals surface area contributed by atoms with Crippen LogP contribution in [0.1, 0.15) is 36.8 Å². The molecule has 2 aromatic rings. The second kappa shape index (κ2) is 8.00. The topological polar surface area (TPSA) is 0 Å². The largest absolute Gasteiger partial charge is 0.402 e. The molecule has 0 saturated carbocycles. The quantitative estimate of drug-likeness (QED) is 0.378. The summed E-state index contributed by atoms with van der Waals surface area (Å²) in [5, 5.41) is 0.822. The Labute approximate surface area is 143 Å². The number of unbranched alkanes of at least 4 members (excludes halogenated alkanes) is 2. The molecular formula is C19H20BrF3. The van der Waals surface area contributed by atoms with Crippen LogP contribution in [0.2, 0.25) is 0 Å². The number of benzene rings is 2. The highest BCUT2D eigenvalue weighted by molar-refractivity contribution is 9.09. The first-order chi connectivity index (χ1) is 11.0. The fraction of sp³-hybridized carbons (Fsp3) is 0.368. The van der Waals surface area contributed by atoms with Crippen molar-refractivity contribution in [2.75, 3.05) is 5.33 Å². The summed E-state index contributed by atoms with van der Waals surface area (Å²) in [5.74, 6) is 0. The van der Waals surface area contributed by atoms with Crippen molar-refractivity contribution in [2.45, 2.75) is 37.3 Å². The third-order valence-electron chi connectivity index (χ3n) is 4.20. The zero-order valence-electron chi connectivity index (χ0n) is 12.8. The average Bonchev–Trinajstić information content (AvgIpc) is 2.55. The lowest BCUT2D eigenvalue weighted by atomic mass is 9.70. The van der Waals surface area contributed by atoms with E-state index in [1.165, 1.54) is 0 Å². The summed E-state index contributed by atoms with van der Waals surface area (Å²) in [6.45, 7) is 0. The van der Waals surface area contributed by atoms with Gasteiger partial charge in [0, 0.05) is 5.33 Å². The maximum atomic E-state index is 14.2. The summed E-state index contributed by atoms with van der Waals surface area (Å²) in [6.07, 6.45) is -2.07. The second-order valence-corrected chi connectivity index (χ2v) is 6.43. The van der Waals surface area contributed by atoms with Gasteiger partial charge >= 0.3 is 6.18 Å². The van der Waals surface area contributed by atoms with Gasteiger partial charge < -0.3 is 0 Å². The van der Waals surface area contributed by atoms with Crippen molar-refractivity contribution in [1.29, 1.82) is 0 Å². The van der Waals surface area contributed by atoms with E-state index in [9.17, 15) is 13.2 Å². The highest BCUT2D eigenvalue weighted by Gasteiger charge is 2.56. The number of hydrogen-bond acceptors (Lipinski definition) is 0. The van der Waals surface area contributed by atoms with Gasteiger partial charge in [-0.3, -0.25) is 0 Å². The van der Waals surface area contributed by atoms with Crippen molar-refractivity contribution < 1.29 is 13.2 Å². The Morgan fingerprint density at radius 2 is 1.17 bits per heavy atom. The molecular weight excluding hydrogens is 365 g/mol. The summed E-state index contributed by atoms with van der Waals surface area (Å²) in [4.78, 5) is 0. The normalized spacial score (nSPS) is 12.3. The molecule has 124 valence electrons. The highest BCUT2D eigenvalue weighted by atomic mass is 79.9. The predicted molar refractivity (Wildman–Crippen MR) is 92.0 cm³/mol. The molecule has 2 rings (SSSR count). The van der Waals surface area contributed by atoms with Crippen molar-refractivity contribution in [1.82, 2.24) is 0 Å². The minimum atomic E-state index is -4.34. The van der Waals surface area contributed by atoms with Gasteiger partial charge in [0.2, 0.25) is 0 Å². The lowest BCUT2D eigenvalue weighted by molar-refractivity contribution is -0.180. The molecule has 0 radical (unpaired) electrons. The lowest BCUT2D eigenvalue weighted by Gasteiger charge is -2.37. The first kappa shape index (κ1) is 18.1. The molecule has 4 heteroatoms. The van der Waals surface area contributed by atoms with Crippen molar-refractivity contribution in [2.24, 2.45) is 0 Å². The van der Waals surface area contributed by atoms with Crippen LogP contribution < -0.4 is 0 Å². The molecule has 0 saturated heterocycles. The van der Waals surface area contributed by atoms with Crippen molar-refractivity contribution in [3.63, 3.8) is 0 Å². The molecule has 0 aliphatic rings. The number of halogens is 4. The first-order valence-corrected chi connectivity index (χ1v) is 8.88. The van der Waals surface area contributed by atoms with E-state index in [1.54, 1.807) is 60.7 Å². The van der Waals surface area contributed by atoms with Gasteiger partial charge in [-0.2, -0.15) is 13.2 Å². The van der Waals surface area contributed by atoms with E-state index in [4.69, 9.17) is 0 Å². The van der Waals surface area contributed by atoms with Gasteiger partial charge in [-0.25, -0.2) is 0 Å². The van der Waals surface area contributed by atoms with Gasteiger partial charge in [-0.15, -0.1) is 0 Å². The Kier molecular flexibility index (Phi) is 6.28. The van der Waals surface area contributed by atoms with Gasteiger partial charge in [0.1, 0.15) is 5.41 Å². The van der Waals surface area contributed by atoms with E-state index >= 15 is 0 Å². The Bertz CT molecular complexity index is 539. The molecule has 0 spiro atoms. The molecule has 0 aromatic heterocycles. The van der Waals surface area contributed by atoms with Crippen LogP contribution in [0.25, 0.3) is 0 Å². The van der Waals surface area contributed by atoms with Crippen molar-refractivity contribution >= 4 is 15.9 Å². The number of hydrogen-bond donors (Lipinski definition) is 0. The standard InChI is InChI=1S/C19H20BrF3/c20-15-9-3-8-14-18(19(21,22)23,16-10-4-1-5-11-16)17-12-6-2-7-13-17/h1-2,4-7,10-13H,3,8-9,14-15H2. The SMILES string of the molecule is FC(F)(F)C(CCCCCBr)(c1ccccc1)c1ccccc1. The smallest absolute Gasteiger partial charge is 0.170 e. The summed E-state index contributed by atoms with van der Waals surface area (Å²) in [6, 6.07) is 16.6. The predicted octanol–water partition coefficient (Wildman–Crippen LogP) is 6.49. The van der Waals surface area contributed by atoms with Gasteiger partial charge in [0.15, 0.2) is 0 Å². The summed E-state index contributed by atoms with van der Waals surface area (Å²) in [5.41, 5.74) is -1.31. The molecule has 0 nitrogen and oxygen atoms in total. The fourth-order valence-electron chi connectivity index (χ4n) is 3.03. The van der Waals surface area contributed by atoms with E-state index in [0.717, 1.165) is 18.2 Å². The summed E-state index contributed by atoms with van der Waals surface area (Å²) < 4.78 is 42.7. The minimum absolute atomic E-state index is 0.0670. The summed E-state index contributed by atoms with van der Waals surface area (Å²) in [7, 11) is 0. The van der Waals surface area contributed by atoms with Gasteiger partial charge in [-0.05, 0) is 24.0 Å². The molecule has 0 fully saturated rings. The third-order valence-corrected chi connectivity index (χ3v) is 4.76. The van der Waals surface area contributed by atoms with Crippen LogP contribution in [-0.4, -0.2) is 11.5 Å². The fourth-order valence-corrected chi connectivity index (χ4v) is 3.43. The van der Waals surface area contributed by atoms with E-state index in [2.05, 4.69) is 15.9 Å². The second-order valence-electron chi connectivity index (χ2n) is 5.63. The lowest BCUT2D eigenvalue weighted by Crippen LogP contribution is -2.43. The molecule has 0 aliphatic heterocycles. The maximum absolute atomic E-state index is 14.2. The van der Waals surface area contributed by atoms with Gasteiger partial charge in [-0.1, -0.05) is 89.4 Å². The van der Waals surface area contributed by atoms with Crippen LogP contribution >= 0.6 is 15.9 Å². The zero-order chi connectivity index (χ0) is 16.8. The average molecular weight is 385 g/mol. The maximum Gasteiger partial charge on any atom is 0.402 e. The van der Waals surface area contributed by atoms with Gasteiger partial charge in [0.25, 0.3) is 0 Å². The molecule has 0 bridgehead atoms. The van der Waals surface area contributed by atoms with E-state index < -0.39 is 11.6 Å². The molecule has 2 aromatic carbocycles. The van der Waals surface area contributed by atoms with E-state index in [-0.39, 0.29) is 6.42 Å². The van der Waals surface area contributed by atoms with Crippen LogP contribution in [0.5, 0.6) is 0 Å². The molecule has 0 heterocycles. The number of rotatable bonds is 7. The number of alkyl halides is 4. The first-order valence-electron chi connectivity index (χ1n) is 7.76. The van der Waals surface area contributed by atoms with E-state index in [1.807, 2.05) is 0 Å². The van der Waals surface area contributed by atoms with Crippen molar-refractivity contribution in [3.8, 4) is 0 Å². The van der Waals surface area contributed by atoms with Crippen LogP contribution in [-0.2, 0) is 5.41 Å².